The molecule has 1 saturated heterocycles. The maximum Gasteiger partial charge on any atom is 0.408 e. The molecule has 14 heteroatoms. The highest BCUT2D eigenvalue weighted by molar-refractivity contribution is 5.97. The minimum absolute atomic E-state index is 0.127. The molecule has 1 aliphatic rings. The number of rotatable bonds is 5. The van der Waals surface area contributed by atoms with Crippen LogP contribution in [0.1, 0.15) is 23.7 Å². The number of halogens is 5. The largest absolute Gasteiger partial charge is 0.465 e. The molecular weight excluding hydrogens is 517 g/mol. The van der Waals surface area contributed by atoms with Crippen LogP contribution in [0.2, 0.25) is 0 Å². The molecule has 1 aliphatic heterocycles. The highest BCUT2D eigenvalue weighted by atomic mass is 19.4. The zero-order chi connectivity index (χ0) is 27.8. The van der Waals surface area contributed by atoms with Crippen molar-refractivity contribution in [2.24, 2.45) is 0 Å². The molecule has 1 fully saturated rings. The Morgan fingerprint density at radius 3 is 2.37 bits per heavy atom. The Bertz CT molecular complexity index is 1450. The fraction of sp³-hybridized carbons (Fsp3) is 0.333. The van der Waals surface area contributed by atoms with Crippen LogP contribution >= 0.6 is 0 Å². The molecule has 0 bridgehead atoms. The van der Waals surface area contributed by atoms with Gasteiger partial charge in [-0.15, -0.1) is 0 Å². The molecule has 202 valence electrons. The Morgan fingerprint density at radius 2 is 1.79 bits per heavy atom. The highest BCUT2D eigenvalue weighted by Gasteiger charge is 2.39. The summed E-state index contributed by atoms with van der Waals surface area (Å²) in [4.78, 5) is 44.6. The normalized spacial score (nSPS) is 15.0. The molecule has 38 heavy (non-hydrogen) atoms. The van der Waals surface area contributed by atoms with E-state index in [0.29, 0.717) is 11.9 Å². The molecule has 4 rings (SSSR count). The van der Waals surface area contributed by atoms with E-state index in [1.54, 1.807) is 10.2 Å². The number of hydrogen-bond donors (Lipinski definition) is 2. The summed E-state index contributed by atoms with van der Waals surface area (Å²) in [7, 11) is 0. The van der Waals surface area contributed by atoms with E-state index in [0.717, 1.165) is 22.9 Å². The second-order valence-electron chi connectivity index (χ2n) is 8.61. The van der Waals surface area contributed by atoms with E-state index < -0.39 is 53.3 Å². The zero-order valence-electron chi connectivity index (χ0n) is 19.9. The Morgan fingerprint density at radius 1 is 1.11 bits per heavy atom. The van der Waals surface area contributed by atoms with Gasteiger partial charge in [-0.3, -0.25) is 14.2 Å². The van der Waals surface area contributed by atoms with E-state index in [-0.39, 0.29) is 42.9 Å². The van der Waals surface area contributed by atoms with Crippen LogP contribution in [-0.4, -0.2) is 70.0 Å². The lowest BCUT2D eigenvalue weighted by atomic mass is 10.1. The van der Waals surface area contributed by atoms with Gasteiger partial charge in [0.05, 0.1) is 11.1 Å². The van der Waals surface area contributed by atoms with Crippen molar-refractivity contribution in [3.63, 3.8) is 0 Å². The number of nitrogens with zero attached hydrogens (tertiary/aromatic N) is 4. The topological polar surface area (TPSA) is 108 Å². The van der Waals surface area contributed by atoms with Gasteiger partial charge in [0, 0.05) is 38.4 Å². The number of piperazine rings is 1. The number of nitrogens with one attached hydrogen (secondary N) is 1. The van der Waals surface area contributed by atoms with Gasteiger partial charge in [0.2, 0.25) is 5.43 Å². The average molecular weight is 539 g/mol. The molecule has 2 amide bonds. The molecule has 2 N–H and O–H groups in total. The number of carbonyl (C=O) groups excluding carboxylic acids is 1. The number of pyridine rings is 2. The predicted molar refractivity (Wildman–Crippen MR) is 127 cm³/mol. The van der Waals surface area contributed by atoms with E-state index in [2.05, 4.69) is 4.98 Å². The molecule has 1 unspecified atom stereocenters. The SMILES string of the molecule is CCC(NC(=O)c1cn(-c2ccc(F)cc2F)c2nc(N3CCN(C(=O)O)CC3)ccc2c1=O)C(F)(F)F. The van der Waals surface area contributed by atoms with Gasteiger partial charge in [-0.25, -0.2) is 18.6 Å². The van der Waals surface area contributed by atoms with Crippen LogP contribution in [0.3, 0.4) is 0 Å². The fourth-order valence-electron chi connectivity index (χ4n) is 4.17. The molecule has 0 saturated carbocycles. The molecule has 0 aliphatic carbocycles. The predicted octanol–water partition coefficient (Wildman–Crippen LogP) is 3.53. The van der Waals surface area contributed by atoms with Crippen molar-refractivity contribution in [3.05, 3.63) is 63.9 Å². The lowest BCUT2D eigenvalue weighted by molar-refractivity contribution is -0.153. The van der Waals surface area contributed by atoms with Crippen molar-refractivity contribution in [2.45, 2.75) is 25.6 Å². The summed E-state index contributed by atoms with van der Waals surface area (Å²) in [5.41, 5.74) is -2.04. The van der Waals surface area contributed by atoms with E-state index in [4.69, 9.17) is 5.11 Å². The van der Waals surface area contributed by atoms with Gasteiger partial charge < -0.3 is 20.2 Å². The van der Waals surface area contributed by atoms with Gasteiger partial charge in [-0.1, -0.05) is 6.92 Å². The molecule has 1 aromatic carbocycles. The Balaban J connectivity index is 1.84. The van der Waals surface area contributed by atoms with Crippen molar-refractivity contribution in [2.75, 3.05) is 31.1 Å². The van der Waals surface area contributed by atoms with Gasteiger partial charge in [-0.2, -0.15) is 13.2 Å². The minimum Gasteiger partial charge on any atom is -0.465 e. The Hall–Kier alpha value is -4.23. The number of aromatic nitrogens is 2. The van der Waals surface area contributed by atoms with Crippen molar-refractivity contribution in [1.82, 2.24) is 19.8 Å². The molecule has 0 radical (unpaired) electrons. The number of fused-ring (bicyclic) bond motifs is 1. The maximum absolute atomic E-state index is 14.8. The number of alkyl halides is 3. The van der Waals surface area contributed by atoms with Crippen LogP contribution < -0.4 is 15.6 Å². The lowest BCUT2D eigenvalue weighted by Gasteiger charge is -2.34. The van der Waals surface area contributed by atoms with Gasteiger partial charge >= 0.3 is 12.3 Å². The van der Waals surface area contributed by atoms with Crippen molar-refractivity contribution >= 4 is 28.9 Å². The fourth-order valence-corrected chi connectivity index (χ4v) is 4.17. The van der Waals surface area contributed by atoms with Crippen molar-refractivity contribution in [3.8, 4) is 5.69 Å². The summed E-state index contributed by atoms with van der Waals surface area (Å²) in [5, 5.41) is 10.8. The number of anilines is 1. The minimum atomic E-state index is -4.76. The van der Waals surface area contributed by atoms with E-state index in [9.17, 15) is 36.3 Å². The van der Waals surface area contributed by atoms with Crippen LogP contribution in [0.5, 0.6) is 0 Å². The number of benzene rings is 1. The summed E-state index contributed by atoms with van der Waals surface area (Å²) in [6, 6.07) is 3.09. The van der Waals surface area contributed by atoms with Crippen molar-refractivity contribution < 1.29 is 36.6 Å². The lowest BCUT2D eigenvalue weighted by Crippen LogP contribution is -2.48. The zero-order valence-corrected chi connectivity index (χ0v) is 19.9. The van der Waals surface area contributed by atoms with Crippen molar-refractivity contribution in [1.29, 1.82) is 0 Å². The molecule has 1 atom stereocenters. The summed E-state index contributed by atoms with van der Waals surface area (Å²) in [5.74, 6) is -2.95. The highest BCUT2D eigenvalue weighted by Crippen LogP contribution is 2.25. The van der Waals surface area contributed by atoms with Crippen LogP contribution in [0.25, 0.3) is 16.7 Å². The number of carbonyl (C=O) groups is 2. The van der Waals surface area contributed by atoms with Gasteiger partial charge in [0.25, 0.3) is 5.91 Å². The second kappa shape index (κ2) is 10.3. The Labute approximate surface area is 212 Å². The smallest absolute Gasteiger partial charge is 0.408 e. The molecular formula is C24H22F5N5O4. The summed E-state index contributed by atoms with van der Waals surface area (Å²) in [6.45, 7) is 2.13. The van der Waals surface area contributed by atoms with Gasteiger partial charge in [0.1, 0.15) is 29.1 Å². The second-order valence-corrected chi connectivity index (χ2v) is 8.61. The third-order valence-electron chi connectivity index (χ3n) is 6.23. The van der Waals surface area contributed by atoms with Crippen LogP contribution in [0.15, 0.2) is 41.3 Å². The van der Waals surface area contributed by atoms with E-state index in [1.807, 2.05) is 0 Å². The standard InChI is InChI=1S/C24H22F5N5O4/c1-2-18(24(27,28)29)30-22(36)15-12-34(17-5-3-13(25)11-16(17)26)21-14(20(15)35)4-6-19(31-21)32-7-9-33(10-8-32)23(37)38/h3-6,11-12,18H,2,7-10H2,1H3,(H,30,36)(H,37,38). The molecule has 9 nitrogen and oxygen atoms in total. The van der Waals surface area contributed by atoms with Crippen LogP contribution in [0, 0.1) is 11.6 Å². The average Bonchev–Trinajstić information content (AvgIpc) is 2.87. The first-order chi connectivity index (χ1) is 17.9. The van der Waals surface area contributed by atoms with E-state index in [1.165, 1.54) is 24.0 Å². The molecule has 3 heterocycles. The van der Waals surface area contributed by atoms with Gasteiger partial charge in [-0.05, 0) is 30.7 Å². The number of carboxylic acid groups (broad SMARTS) is 1. The quantitative estimate of drug-likeness (QED) is 0.481. The third-order valence-corrected chi connectivity index (χ3v) is 6.23. The molecule has 3 aromatic rings. The number of amides is 2. The van der Waals surface area contributed by atoms with Gasteiger partial charge in [0.15, 0.2) is 5.65 Å². The molecule has 2 aromatic heterocycles. The summed E-state index contributed by atoms with van der Waals surface area (Å²) < 4.78 is 69.1. The van der Waals surface area contributed by atoms with Crippen LogP contribution in [0.4, 0.5) is 32.6 Å². The molecule has 0 spiro atoms. The van der Waals surface area contributed by atoms with E-state index >= 15 is 0 Å². The first-order valence-corrected chi connectivity index (χ1v) is 11.5. The number of hydrogen-bond acceptors (Lipinski definition) is 5. The Kier molecular flexibility index (Phi) is 7.24. The monoisotopic (exact) mass is 539 g/mol. The third kappa shape index (κ3) is 5.24. The first-order valence-electron chi connectivity index (χ1n) is 11.5. The van der Waals surface area contributed by atoms with Crippen LogP contribution in [-0.2, 0) is 0 Å². The summed E-state index contributed by atoms with van der Waals surface area (Å²) >= 11 is 0. The summed E-state index contributed by atoms with van der Waals surface area (Å²) in [6.07, 6.45) is -5.44. The first kappa shape index (κ1) is 26.8. The maximum atomic E-state index is 14.8.